The molecule has 2 N–H and O–H groups in total. The maximum atomic E-state index is 13.4. The number of rotatable bonds is 6. The van der Waals surface area contributed by atoms with E-state index in [-0.39, 0.29) is 17.6 Å². The molecule has 0 fully saturated rings. The van der Waals surface area contributed by atoms with Gasteiger partial charge in [-0.1, -0.05) is 18.2 Å². The minimum absolute atomic E-state index is 0.147. The molecule has 0 unspecified atom stereocenters. The molecule has 0 aliphatic rings. The van der Waals surface area contributed by atoms with Crippen molar-refractivity contribution in [3.05, 3.63) is 51.7 Å². The summed E-state index contributed by atoms with van der Waals surface area (Å²) in [5.41, 5.74) is 0.867. The first kappa shape index (κ1) is 16.1. The Labute approximate surface area is 131 Å². The number of hydrogen-bond donors (Lipinski definition) is 2. The summed E-state index contributed by atoms with van der Waals surface area (Å²) in [6, 6.07) is 6.47. The zero-order valence-electron chi connectivity index (χ0n) is 12.1. The van der Waals surface area contributed by atoms with Crippen molar-refractivity contribution in [2.24, 2.45) is 0 Å². The van der Waals surface area contributed by atoms with E-state index in [1.807, 2.05) is 0 Å². The first-order valence-electron chi connectivity index (χ1n) is 6.76. The van der Waals surface area contributed by atoms with Crippen LogP contribution >= 0.6 is 11.3 Å². The van der Waals surface area contributed by atoms with E-state index >= 15 is 0 Å². The molecular formula is C15H16FN3O2S. The Morgan fingerprint density at radius 2 is 2.05 bits per heavy atom. The summed E-state index contributed by atoms with van der Waals surface area (Å²) in [6.45, 7) is 2.06. The fraction of sp³-hybridized carbons (Fsp3) is 0.267. The average molecular weight is 321 g/mol. The molecule has 5 nitrogen and oxygen atoms in total. The molecule has 1 aromatic carbocycles. The molecule has 0 spiro atoms. The number of benzene rings is 1. The maximum Gasteiger partial charge on any atom is 0.270 e. The van der Waals surface area contributed by atoms with Crippen LogP contribution in [0.4, 0.5) is 4.39 Å². The third-order valence-electron chi connectivity index (χ3n) is 2.91. The van der Waals surface area contributed by atoms with Gasteiger partial charge in [0.1, 0.15) is 16.5 Å². The Morgan fingerprint density at radius 3 is 2.77 bits per heavy atom. The third kappa shape index (κ3) is 4.63. The smallest absolute Gasteiger partial charge is 0.270 e. The van der Waals surface area contributed by atoms with Gasteiger partial charge in [0.25, 0.3) is 5.91 Å². The molecule has 0 radical (unpaired) electrons. The molecule has 1 aromatic heterocycles. The largest absolute Gasteiger partial charge is 0.350 e. The zero-order valence-corrected chi connectivity index (χ0v) is 12.9. The summed E-state index contributed by atoms with van der Waals surface area (Å²) in [4.78, 5) is 26.9. The van der Waals surface area contributed by atoms with E-state index in [2.05, 4.69) is 15.6 Å². The van der Waals surface area contributed by atoms with Crippen LogP contribution in [0.2, 0.25) is 0 Å². The van der Waals surface area contributed by atoms with Gasteiger partial charge in [-0.3, -0.25) is 9.59 Å². The van der Waals surface area contributed by atoms with Crippen molar-refractivity contribution in [1.82, 2.24) is 15.6 Å². The highest BCUT2D eigenvalue weighted by Crippen LogP contribution is 2.10. The molecule has 2 aromatic rings. The fourth-order valence-corrected chi connectivity index (χ4v) is 2.51. The average Bonchev–Trinajstić information content (AvgIpc) is 2.96. The van der Waals surface area contributed by atoms with Crippen molar-refractivity contribution < 1.29 is 14.0 Å². The van der Waals surface area contributed by atoms with E-state index in [4.69, 9.17) is 0 Å². The van der Waals surface area contributed by atoms with E-state index in [1.165, 1.54) is 24.3 Å². The number of nitrogens with one attached hydrogen (secondary N) is 2. The lowest BCUT2D eigenvalue weighted by Crippen LogP contribution is -2.26. The number of hydrogen-bond acceptors (Lipinski definition) is 4. The number of carbonyl (C=O) groups excluding carboxylic acids is 2. The number of thiazole rings is 1. The molecule has 1 heterocycles. The van der Waals surface area contributed by atoms with Gasteiger partial charge in [-0.05, 0) is 18.1 Å². The minimum atomic E-state index is -0.304. The summed E-state index contributed by atoms with van der Waals surface area (Å²) >= 11 is 1.31. The number of nitrogens with zero attached hydrogens (tertiary/aromatic N) is 1. The topological polar surface area (TPSA) is 71.1 Å². The van der Waals surface area contributed by atoms with E-state index < -0.39 is 0 Å². The molecule has 2 rings (SSSR count). The van der Waals surface area contributed by atoms with Gasteiger partial charge in [0.15, 0.2) is 0 Å². The molecule has 0 aliphatic heterocycles. The SMILES string of the molecule is CC(=O)NCc1nc(C(=O)NCCc2ccccc2F)cs1. The van der Waals surface area contributed by atoms with Crippen molar-refractivity contribution in [1.29, 1.82) is 0 Å². The van der Waals surface area contributed by atoms with Crippen LogP contribution in [0, 0.1) is 5.82 Å². The molecule has 116 valence electrons. The van der Waals surface area contributed by atoms with Crippen LogP contribution in [0.25, 0.3) is 0 Å². The minimum Gasteiger partial charge on any atom is -0.350 e. The molecule has 0 aliphatic carbocycles. The first-order valence-corrected chi connectivity index (χ1v) is 7.64. The number of halogens is 1. The van der Waals surface area contributed by atoms with Crippen molar-refractivity contribution in [2.45, 2.75) is 19.9 Å². The summed E-state index contributed by atoms with van der Waals surface area (Å²) in [6.07, 6.45) is 0.418. The third-order valence-corrected chi connectivity index (χ3v) is 3.76. The lowest BCUT2D eigenvalue weighted by molar-refractivity contribution is -0.119. The van der Waals surface area contributed by atoms with Crippen LogP contribution in [-0.4, -0.2) is 23.3 Å². The molecule has 2 amide bonds. The quantitative estimate of drug-likeness (QED) is 0.853. The molecule has 0 bridgehead atoms. The van der Waals surface area contributed by atoms with Crippen molar-refractivity contribution in [3.8, 4) is 0 Å². The van der Waals surface area contributed by atoms with Gasteiger partial charge in [-0.15, -0.1) is 11.3 Å². The second-order valence-electron chi connectivity index (χ2n) is 4.63. The fourth-order valence-electron chi connectivity index (χ4n) is 1.80. The Balaban J connectivity index is 1.82. The van der Waals surface area contributed by atoms with Gasteiger partial charge in [0.05, 0.1) is 6.54 Å². The normalized spacial score (nSPS) is 10.3. The van der Waals surface area contributed by atoms with E-state index in [1.54, 1.807) is 23.6 Å². The highest BCUT2D eigenvalue weighted by atomic mass is 32.1. The molecule has 0 atom stereocenters. The zero-order chi connectivity index (χ0) is 15.9. The highest BCUT2D eigenvalue weighted by molar-refractivity contribution is 7.09. The molecular weight excluding hydrogens is 305 g/mol. The summed E-state index contributed by atoms with van der Waals surface area (Å²) < 4.78 is 13.4. The Hall–Kier alpha value is -2.28. The first-order chi connectivity index (χ1) is 10.6. The lowest BCUT2D eigenvalue weighted by Gasteiger charge is -2.04. The second-order valence-corrected chi connectivity index (χ2v) is 5.58. The number of aromatic nitrogens is 1. The van der Waals surface area contributed by atoms with E-state index in [0.29, 0.717) is 35.8 Å². The van der Waals surface area contributed by atoms with Gasteiger partial charge in [0.2, 0.25) is 5.91 Å². The Morgan fingerprint density at radius 1 is 1.27 bits per heavy atom. The van der Waals surface area contributed by atoms with Gasteiger partial charge in [0, 0.05) is 18.8 Å². The predicted molar refractivity (Wildman–Crippen MR) is 82.1 cm³/mol. The molecule has 0 saturated heterocycles. The van der Waals surface area contributed by atoms with Crippen LogP contribution in [-0.2, 0) is 17.8 Å². The monoisotopic (exact) mass is 321 g/mol. The van der Waals surface area contributed by atoms with Gasteiger partial charge in [-0.25, -0.2) is 9.37 Å². The lowest BCUT2D eigenvalue weighted by atomic mass is 10.1. The van der Waals surface area contributed by atoms with Crippen LogP contribution in [0.15, 0.2) is 29.6 Å². The van der Waals surface area contributed by atoms with E-state index in [0.717, 1.165) is 0 Å². The number of carbonyl (C=O) groups is 2. The van der Waals surface area contributed by atoms with Crippen molar-refractivity contribution in [3.63, 3.8) is 0 Å². The Bertz CT molecular complexity index is 672. The van der Waals surface area contributed by atoms with E-state index in [9.17, 15) is 14.0 Å². The van der Waals surface area contributed by atoms with Crippen LogP contribution in [0.3, 0.4) is 0 Å². The predicted octanol–water partition coefficient (Wildman–Crippen LogP) is 1.89. The standard InChI is InChI=1S/C15H16FN3O2S/c1-10(20)18-8-14-19-13(9-22-14)15(21)17-7-6-11-4-2-3-5-12(11)16/h2-5,9H,6-8H2,1H3,(H,17,21)(H,18,20). The second kappa shape index (κ2) is 7.65. The van der Waals surface area contributed by atoms with Gasteiger partial charge < -0.3 is 10.6 Å². The number of amides is 2. The molecule has 22 heavy (non-hydrogen) atoms. The van der Waals surface area contributed by atoms with Crippen LogP contribution in [0.5, 0.6) is 0 Å². The van der Waals surface area contributed by atoms with Crippen molar-refractivity contribution in [2.75, 3.05) is 6.54 Å². The maximum absolute atomic E-state index is 13.4. The van der Waals surface area contributed by atoms with Crippen molar-refractivity contribution >= 4 is 23.2 Å². The van der Waals surface area contributed by atoms with Crippen LogP contribution < -0.4 is 10.6 Å². The molecule has 0 saturated carbocycles. The van der Waals surface area contributed by atoms with Gasteiger partial charge >= 0.3 is 0 Å². The highest BCUT2D eigenvalue weighted by Gasteiger charge is 2.11. The Kier molecular flexibility index (Phi) is 5.60. The summed E-state index contributed by atoms with van der Waals surface area (Å²) in [5.74, 6) is -0.726. The summed E-state index contributed by atoms with van der Waals surface area (Å²) in [5, 5.41) is 7.62. The molecule has 7 heteroatoms. The van der Waals surface area contributed by atoms with Gasteiger partial charge in [-0.2, -0.15) is 0 Å². The van der Waals surface area contributed by atoms with Crippen LogP contribution in [0.1, 0.15) is 28.0 Å². The summed E-state index contributed by atoms with van der Waals surface area (Å²) in [7, 11) is 0.